The van der Waals surface area contributed by atoms with Gasteiger partial charge in [-0.1, -0.05) is 34.8 Å². The molecule has 12 heteroatoms. The maximum absolute atomic E-state index is 10.3. The van der Waals surface area contributed by atoms with E-state index in [0.29, 0.717) is 0 Å². The second-order valence-electron chi connectivity index (χ2n) is 3.14. The second kappa shape index (κ2) is 9.72. The maximum atomic E-state index is 10.3. The molecule has 0 rings (SSSR count). The van der Waals surface area contributed by atoms with Crippen molar-refractivity contribution in [3.8, 4) is 0 Å². The number of alkyl halides is 3. The molecule has 0 spiro atoms. The third kappa shape index (κ3) is 13.3. The molecule has 0 aromatic rings. The second-order valence-corrected chi connectivity index (χ2v) is 5.51. The lowest BCUT2D eigenvalue weighted by molar-refractivity contribution is -0.170. The average Bonchev–Trinajstić information content (AvgIpc) is 2.14. The van der Waals surface area contributed by atoms with E-state index in [1.54, 1.807) is 0 Å². The highest BCUT2D eigenvalue weighted by Crippen LogP contribution is 2.21. The summed E-state index contributed by atoms with van der Waals surface area (Å²) < 4.78 is -1.72. The van der Waals surface area contributed by atoms with Gasteiger partial charge in [-0.05, 0) is 0 Å². The zero-order valence-corrected chi connectivity index (χ0v) is 11.8. The van der Waals surface area contributed by atoms with Gasteiger partial charge in [0.15, 0.2) is 11.9 Å². The number of hydrogen-bond acceptors (Lipinski definition) is 5. The molecule has 0 aromatic heterocycles. The lowest BCUT2D eigenvalue weighted by atomic mass is 9.96. The van der Waals surface area contributed by atoms with Crippen LogP contribution in [0.4, 0.5) is 0 Å². The lowest BCUT2D eigenvalue weighted by Gasteiger charge is -2.18. The van der Waals surface area contributed by atoms with Crippen LogP contribution in [0.25, 0.3) is 0 Å². The number of carbonyl (C=O) groups excluding carboxylic acids is 1. The monoisotopic (exact) mass is 356 g/mol. The number of aldehydes is 1. The van der Waals surface area contributed by atoms with Gasteiger partial charge in [-0.3, -0.25) is 14.4 Å². The van der Waals surface area contributed by atoms with Crippen molar-refractivity contribution in [2.24, 2.45) is 0 Å². The molecule has 0 bridgehead atoms. The molecule has 0 unspecified atom stereocenters. The van der Waals surface area contributed by atoms with Crippen LogP contribution in [0.1, 0.15) is 12.8 Å². The van der Waals surface area contributed by atoms with Gasteiger partial charge in [0.2, 0.25) is 3.79 Å². The Hall–Kier alpha value is -1.13. The largest absolute Gasteiger partial charge is 0.481 e. The number of halogens is 3. The number of carboxylic acids is 3. The van der Waals surface area contributed by atoms with E-state index in [0.717, 1.165) is 0 Å². The standard InChI is InChI=1S/C6H8O7.C2HCl3O.H2O/c7-3(8)1-6(13,5(11)12)2-4(9)10;3-2(4,5)1-6;/h13H,1-2H2,(H,7,8)(H,9,10)(H,11,12);1H;1H2. The highest BCUT2D eigenvalue weighted by molar-refractivity contribution is 6.74. The van der Waals surface area contributed by atoms with Crippen molar-refractivity contribution in [2.45, 2.75) is 22.2 Å². The number of carboxylic acid groups (broad SMARTS) is 3. The Balaban J connectivity index is -0.000000352. The molecule has 0 aromatic carbocycles. The summed E-state index contributed by atoms with van der Waals surface area (Å²) in [6.45, 7) is 0. The predicted octanol–water partition coefficient (Wildman–Crippen LogP) is -0.518. The van der Waals surface area contributed by atoms with E-state index < -0.39 is 40.1 Å². The average molecular weight is 358 g/mol. The molecule has 0 aliphatic carbocycles. The number of hydrogen-bond donors (Lipinski definition) is 4. The summed E-state index contributed by atoms with van der Waals surface area (Å²) in [6, 6.07) is 0. The normalized spacial score (nSPS) is 10.4. The van der Waals surface area contributed by atoms with Gasteiger partial charge in [0.05, 0.1) is 12.8 Å². The van der Waals surface area contributed by atoms with Crippen LogP contribution in [-0.2, 0) is 19.2 Å². The molecule has 0 radical (unpaired) electrons. The summed E-state index contributed by atoms with van der Waals surface area (Å²) >= 11 is 14.6. The Kier molecular flexibility index (Phi) is 11.6. The zero-order valence-electron chi connectivity index (χ0n) is 9.55. The molecule has 0 saturated heterocycles. The van der Waals surface area contributed by atoms with E-state index in [1.165, 1.54) is 0 Å². The summed E-state index contributed by atoms with van der Waals surface area (Å²) in [5.41, 5.74) is -2.74. The summed E-state index contributed by atoms with van der Waals surface area (Å²) in [5.74, 6) is -5.02. The van der Waals surface area contributed by atoms with Crippen LogP contribution in [-0.4, -0.2) is 59.5 Å². The molecule has 20 heavy (non-hydrogen) atoms. The molecular formula is C8H11Cl3O9. The molecule has 9 nitrogen and oxygen atoms in total. The third-order valence-electron chi connectivity index (χ3n) is 1.42. The first kappa shape index (κ1) is 23.9. The van der Waals surface area contributed by atoms with Crippen LogP contribution in [0.15, 0.2) is 0 Å². The number of aliphatic hydroxyl groups is 1. The molecular weight excluding hydrogens is 346 g/mol. The topological polar surface area (TPSA) is 181 Å². The van der Waals surface area contributed by atoms with Crippen molar-refractivity contribution in [2.75, 3.05) is 0 Å². The number of rotatable bonds is 5. The van der Waals surface area contributed by atoms with E-state index in [-0.39, 0.29) is 11.8 Å². The summed E-state index contributed by atoms with van der Waals surface area (Å²) in [7, 11) is 0. The van der Waals surface area contributed by atoms with Crippen LogP contribution in [0, 0.1) is 0 Å². The van der Waals surface area contributed by atoms with Crippen LogP contribution in [0.3, 0.4) is 0 Å². The van der Waals surface area contributed by atoms with Gasteiger partial charge >= 0.3 is 17.9 Å². The Morgan fingerprint density at radius 1 is 0.950 bits per heavy atom. The van der Waals surface area contributed by atoms with Gasteiger partial charge in [-0.2, -0.15) is 0 Å². The van der Waals surface area contributed by atoms with Crippen molar-refractivity contribution in [1.82, 2.24) is 0 Å². The Bertz CT molecular complexity index is 347. The molecule has 0 atom stereocenters. The molecule has 0 amide bonds. The van der Waals surface area contributed by atoms with Crippen molar-refractivity contribution in [1.29, 1.82) is 0 Å². The smallest absolute Gasteiger partial charge is 0.336 e. The minimum Gasteiger partial charge on any atom is -0.481 e. The van der Waals surface area contributed by atoms with E-state index in [9.17, 15) is 19.2 Å². The van der Waals surface area contributed by atoms with Gasteiger partial charge < -0.3 is 25.9 Å². The summed E-state index contributed by atoms with van der Waals surface area (Å²) in [5, 5.41) is 33.8. The van der Waals surface area contributed by atoms with Crippen LogP contribution < -0.4 is 0 Å². The van der Waals surface area contributed by atoms with Crippen LogP contribution >= 0.6 is 34.8 Å². The molecule has 0 aliphatic rings. The Labute approximate surface area is 127 Å². The van der Waals surface area contributed by atoms with Crippen molar-refractivity contribution in [3.05, 3.63) is 0 Å². The molecule has 0 heterocycles. The SMILES string of the molecule is O.O=C(O)CC(O)(CC(=O)O)C(=O)O.O=CC(Cl)(Cl)Cl. The Morgan fingerprint density at radius 2 is 1.20 bits per heavy atom. The van der Waals surface area contributed by atoms with E-state index in [1.807, 2.05) is 0 Å². The van der Waals surface area contributed by atoms with E-state index in [4.69, 9.17) is 55.2 Å². The van der Waals surface area contributed by atoms with Gasteiger partial charge in [0, 0.05) is 0 Å². The lowest BCUT2D eigenvalue weighted by Crippen LogP contribution is -2.42. The van der Waals surface area contributed by atoms with Gasteiger partial charge in [-0.25, -0.2) is 4.79 Å². The minimum atomic E-state index is -2.74. The van der Waals surface area contributed by atoms with E-state index >= 15 is 0 Å². The molecule has 6 N–H and O–H groups in total. The summed E-state index contributed by atoms with van der Waals surface area (Å²) in [4.78, 5) is 39.9. The first-order valence-electron chi connectivity index (χ1n) is 4.26. The predicted molar refractivity (Wildman–Crippen MR) is 67.1 cm³/mol. The molecule has 0 saturated carbocycles. The summed E-state index contributed by atoms with van der Waals surface area (Å²) in [6.07, 6.45) is -2.05. The minimum absolute atomic E-state index is 0. The van der Waals surface area contributed by atoms with Crippen molar-refractivity contribution >= 4 is 59.0 Å². The fraction of sp³-hybridized carbons (Fsp3) is 0.500. The number of aliphatic carboxylic acids is 3. The van der Waals surface area contributed by atoms with Gasteiger partial charge in [-0.15, -0.1) is 0 Å². The van der Waals surface area contributed by atoms with Crippen LogP contribution in [0.2, 0.25) is 0 Å². The first-order chi connectivity index (χ1) is 8.34. The Morgan fingerprint density at radius 3 is 1.30 bits per heavy atom. The quantitative estimate of drug-likeness (QED) is 0.374. The van der Waals surface area contributed by atoms with Gasteiger partial charge in [0.1, 0.15) is 0 Å². The fourth-order valence-corrected chi connectivity index (χ4v) is 0.714. The molecule has 0 aliphatic heterocycles. The van der Waals surface area contributed by atoms with Crippen molar-refractivity contribution < 1.29 is 45.1 Å². The van der Waals surface area contributed by atoms with Crippen LogP contribution in [0.5, 0.6) is 0 Å². The number of carbonyl (C=O) groups is 4. The third-order valence-corrected chi connectivity index (χ3v) is 1.69. The highest BCUT2D eigenvalue weighted by Gasteiger charge is 2.40. The fourth-order valence-electron chi connectivity index (χ4n) is 0.714. The first-order valence-corrected chi connectivity index (χ1v) is 5.40. The van der Waals surface area contributed by atoms with Crippen molar-refractivity contribution in [3.63, 3.8) is 0 Å². The maximum Gasteiger partial charge on any atom is 0.336 e. The molecule has 118 valence electrons. The zero-order chi connectivity index (χ0) is 15.9. The van der Waals surface area contributed by atoms with Gasteiger partial charge in [0.25, 0.3) is 0 Å². The molecule has 0 fully saturated rings. The van der Waals surface area contributed by atoms with E-state index in [2.05, 4.69) is 0 Å². The highest BCUT2D eigenvalue weighted by atomic mass is 35.6.